The number of hydrogen-bond acceptors (Lipinski definition) is 7. The van der Waals surface area contributed by atoms with Crippen molar-refractivity contribution in [3.63, 3.8) is 0 Å². The van der Waals surface area contributed by atoms with Crippen LogP contribution in [-0.4, -0.2) is 67.2 Å². The maximum absolute atomic E-state index is 13.1. The second-order valence-electron chi connectivity index (χ2n) is 13.8. The van der Waals surface area contributed by atoms with Crippen molar-refractivity contribution in [1.29, 1.82) is 0 Å². The van der Waals surface area contributed by atoms with E-state index in [4.69, 9.17) is 5.73 Å². The maximum atomic E-state index is 13.1. The molecule has 0 aliphatic rings. The fraction of sp³-hybridized carbons (Fsp3) is 0.205. The molecule has 53 heavy (non-hydrogen) atoms. The summed E-state index contributed by atoms with van der Waals surface area (Å²) in [5, 5.41) is 12.2. The summed E-state index contributed by atoms with van der Waals surface area (Å²) in [6, 6.07) is 37.4. The van der Waals surface area contributed by atoms with Crippen LogP contribution in [0, 0.1) is 10.1 Å². The predicted octanol–water partition coefficient (Wildman–Crippen LogP) is 8.31. The van der Waals surface area contributed by atoms with Crippen molar-refractivity contribution in [3.8, 4) is 0 Å². The van der Waals surface area contributed by atoms with E-state index in [1.165, 1.54) is 18.2 Å². The van der Waals surface area contributed by atoms with Crippen LogP contribution < -0.4 is 25.3 Å². The third-order valence-corrected chi connectivity index (χ3v) is 9.34. The molecule has 0 atom stereocenters. The summed E-state index contributed by atoms with van der Waals surface area (Å²) >= 11 is 0. The molecule has 0 saturated carbocycles. The Hall–Kier alpha value is -6.35. The second-order valence-corrected chi connectivity index (χ2v) is 13.8. The first kappa shape index (κ1) is 37.9. The van der Waals surface area contributed by atoms with Crippen LogP contribution in [0.5, 0.6) is 0 Å². The van der Waals surface area contributed by atoms with E-state index in [9.17, 15) is 14.9 Å². The number of nitro groups is 1. The van der Waals surface area contributed by atoms with Gasteiger partial charge in [0.15, 0.2) is 0 Å². The van der Waals surface area contributed by atoms with E-state index < -0.39 is 16.7 Å². The van der Waals surface area contributed by atoms with Crippen LogP contribution in [0.3, 0.4) is 0 Å². The van der Waals surface area contributed by atoms with E-state index in [0.29, 0.717) is 5.56 Å². The summed E-state index contributed by atoms with van der Waals surface area (Å²) in [4.78, 5) is 33.0. The molecule has 5 aromatic rings. The highest BCUT2D eigenvalue weighted by Crippen LogP contribution is 2.38. The molecule has 2 N–H and O–H groups in total. The monoisotopic (exact) mass is 708 g/mol. The van der Waals surface area contributed by atoms with Crippen LogP contribution in [-0.2, 0) is 0 Å². The number of nitrogens with two attached hydrogens (primary N) is 1. The van der Waals surface area contributed by atoms with Crippen LogP contribution in [0.2, 0.25) is 0 Å². The molecule has 9 heteroatoms. The number of nitrogens with zero attached hydrogens (tertiary/aromatic N) is 5. The molecule has 5 aromatic carbocycles. The first-order chi connectivity index (χ1) is 25.2. The maximum Gasteiger partial charge on any atom is 0.269 e. The number of allylic oxidation sites excluding steroid dienone is 2. The van der Waals surface area contributed by atoms with E-state index in [0.717, 1.165) is 56.1 Å². The highest BCUT2D eigenvalue weighted by Gasteiger charge is 2.22. The molecule has 5 rings (SSSR count). The molecule has 0 aromatic heterocycles. The predicted molar refractivity (Wildman–Crippen MR) is 222 cm³/mol. The minimum Gasteiger partial charge on any atom is -0.378 e. The van der Waals surface area contributed by atoms with Crippen LogP contribution in [0.1, 0.15) is 44.1 Å². The SMILES string of the molecule is CN(C)c1ccc(C(=CC(C=C(c2ccc(N(C)C)cc2)c2ccc(N(C)C)cc2)c2cc([N+](=O)[O-])ccc2C(N)=O)c2ccc(N(C)C)cc2)cc1. The van der Waals surface area contributed by atoms with Gasteiger partial charge in [0.25, 0.3) is 5.69 Å². The smallest absolute Gasteiger partial charge is 0.269 e. The van der Waals surface area contributed by atoms with Crippen molar-refractivity contribution in [2.24, 2.45) is 5.73 Å². The first-order valence-electron chi connectivity index (χ1n) is 17.4. The van der Waals surface area contributed by atoms with Crippen molar-refractivity contribution >= 4 is 45.5 Å². The molecule has 272 valence electrons. The van der Waals surface area contributed by atoms with Gasteiger partial charge in [-0.05, 0) is 93.6 Å². The number of nitro benzene ring substituents is 1. The normalized spacial score (nSPS) is 10.7. The summed E-state index contributed by atoms with van der Waals surface area (Å²) in [5.41, 5.74) is 16.3. The lowest BCUT2D eigenvalue weighted by Gasteiger charge is -2.21. The Morgan fingerprint density at radius 2 is 0.849 bits per heavy atom. The van der Waals surface area contributed by atoms with E-state index in [2.05, 4.69) is 109 Å². The van der Waals surface area contributed by atoms with Gasteiger partial charge in [0.05, 0.1) is 4.92 Å². The Labute approximate surface area is 313 Å². The van der Waals surface area contributed by atoms with Crippen LogP contribution >= 0.6 is 0 Å². The molecule has 0 spiro atoms. The minimum absolute atomic E-state index is 0.128. The number of rotatable bonds is 13. The molecule has 1 amide bonds. The lowest BCUT2D eigenvalue weighted by molar-refractivity contribution is -0.384. The molecule has 0 saturated heterocycles. The van der Waals surface area contributed by atoms with Crippen LogP contribution in [0.25, 0.3) is 11.1 Å². The number of primary amides is 1. The van der Waals surface area contributed by atoms with Crippen molar-refractivity contribution in [3.05, 3.63) is 171 Å². The number of benzene rings is 5. The quantitative estimate of drug-likeness (QED) is 0.0971. The Balaban J connectivity index is 1.87. The number of carbonyl (C=O) groups excluding carboxylic acids is 1. The molecule has 0 aliphatic heterocycles. The number of hydrogen-bond donors (Lipinski definition) is 1. The van der Waals surface area contributed by atoms with Crippen molar-refractivity contribution in [1.82, 2.24) is 0 Å². The van der Waals surface area contributed by atoms with Crippen molar-refractivity contribution in [2.45, 2.75) is 5.92 Å². The van der Waals surface area contributed by atoms with E-state index in [1.54, 1.807) is 0 Å². The zero-order chi connectivity index (χ0) is 38.4. The molecule has 0 bridgehead atoms. The van der Waals surface area contributed by atoms with E-state index in [1.807, 2.05) is 76.0 Å². The van der Waals surface area contributed by atoms with E-state index in [-0.39, 0.29) is 11.3 Å². The number of non-ortho nitro benzene ring substituents is 1. The summed E-state index contributed by atoms with van der Waals surface area (Å²) in [7, 11) is 16.0. The van der Waals surface area contributed by atoms with Gasteiger partial charge in [0.2, 0.25) is 5.91 Å². The van der Waals surface area contributed by atoms with Gasteiger partial charge in [-0.15, -0.1) is 0 Å². The molecule has 0 unspecified atom stereocenters. The summed E-state index contributed by atoms with van der Waals surface area (Å²) in [6.07, 6.45) is 4.17. The summed E-state index contributed by atoms with van der Waals surface area (Å²) < 4.78 is 0. The highest BCUT2D eigenvalue weighted by molar-refractivity contribution is 5.96. The molecule has 9 nitrogen and oxygen atoms in total. The van der Waals surface area contributed by atoms with Gasteiger partial charge in [0, 0.05) is 103 Å². The minimum atomic E-state index is -0.666. The third-order valence-electron chi connectivity index (χ3n) is 9.34. The Kier molecular flexibility index (Phi) is 11.7. The largest absolute Gasteiger partial charge is 0.378 e. The van der Waals surface area contributed by atoms with Crippen molar-refractivity contribution < 1.29 is 9.72 Å². The Morgan fingerprint density at radius 1 is 0.547 bits per heavy atom. The van der Waals surface area contributed by atoms with Gasteiger partial charge < -0.3 is 25.3 Å². The van der Waals surface area contributed by atoms with Gasteiger partial charge in [-0.2, -0.15) is 0 Å². The lowest BCUT2D eigenvalue weighted by atomic mass is 9.84. The fourth-order valence-corrected chi connectivity index (χ4v) is 6.23. The average molecular weight is 709 g/mol. The molecule has 0 heterocycles. The van der Waals surface area contributed by atoms with Crippen molar-refractivity contribution in [2.75, 3.05) is 76.0 Å². The van der Waals surface area contributed by atoms with Crippen LogP contribution in [0.15, 0.2) is 127 Å². The summed E-state index contributed by atoms with van der Waals surface area (Å²) in [5.74, 6) is -1.30. The lowest BCUT2D eigenvalue weighted by Crippen LogP contribution is -2.15. The molecular weight excluding hydrogens is 661 g/mol. The Bertz CT molecular complexity index is 1890. The highest BCUT2D eigenvalue weighted by atomic mass is 16.6. The van der Waals surface area contributed by atoms with Gasteiger partial charge in [-0.25, -0.2) is 0 Å². The third kappa shape index (κ3) is 8.94. The van der Waals surface area contributed by atoms with Gasteiger partial charge >= 0.3 is 0 Å². The molecule has 0 fully saturated rings. The molecule has 0 radical (unpaired) electrons. The topological polar surface area (TPSA) is 99.2 Å². The van der Waals surface area contributed by atoms with Gasteiger partial charge in [-0.1, -0.05) is 60.7 Å². The average Bonchev–Trinajstić information content (AvgIpc) is 3.15. The van der Waals surface area contributed by atoms with E-state index >= 15 is 0 Å². The second kappa shape index (κ2) is 16.3. The fourth-order valence-electron chi connectivity index (χ4n) is 6.23. The first-order valence-corrected chi connectivity index (χ1v) is 17.4. The molecular formula is C44H48N6O3. The van der Waals surface area contributed by atoms with Gasteiger partial charge in [-0.3, -0.25) is 14.9 Å². The zero-order valence-electron chi connectivity index (χ0n) is 31.7. The number of anilines is 4. The van der Waals surface area contributed by atoms with Gasteiger partial charge in [0.1, 0.15) is 0 Å². The molecule has 0 aliphatic carbocycles. The summed E-state index contributed by atoms with van der Waals surface area (Å²) in [6.45, 7) is 0. The van der Waals surface area contributed by atoms with Crippen LogP contribution in [0.4, 0.5) is 28.4 Å². The zero-order valence-corrected chi connectivity index (χ0v) is 31.7. The Morgan fingerprint density at radius 3 is 1.09 bits per heavy atom. The number of amides is 1. The number of carbonyl (C=O) groups is 1. The standard InChI is InChI=1S/C44H48N6O3/c1-46(2)35-17-9-30(10-18-35)41(31-11-19-36(20-12-31)47(3)4)27-34(43-29-39(50(52)53)25-26-40(43)44(45)51)28-42(32-13-21-37(22-14-32)48(5)6)33-15-23-38(24-16-33)49(7)8/h9-29,34H,1-8H3,(H2,45,51).